The maximum atomic E-state index is 11.0. The molecule has 0 atom stereocenters. The topological polar surface area (TPSA) is 42.4 Å². The van der Waals surface area contributed by atoms with E-state index in [9.17, 15) is 4.79 Å². The summed E-state index contributed by atoms with van der Waals surface area (Å²) in [6, 6.07) is 0. The predicted octanol–water partition coefficient (Wildman–Crippen LogP) is 2.65. The molecule has 0 N–H and O–H groups in total. The molecule has 1 aromatic heterocycles. The molecule has 4 nitrogen and oxygen atoms in total. The number of hydrogen-bond donors (Lipinski definition) is 0. The Kier molecular flexibility index (Phi) is 6.29. The maximum absolute atomic E-state index is 11.0. The Morgan fingerprint density at radius 2 is 2.28 bits per heavy atom. The van der Waals surface area contributed by atoms with Gasteiger partial charge in [0.15, 0.2) is 0 Å². The number of carbonyl (C=O) groups excluding carboxylic acids is 1. The molecule has 0 aliphatic heterocycles. The third kappa shape index (κ3) is 5.14. The molecule has 1 heterocycles. The molecule has 0 aliphatic rings. The van der Waals surface area contributed by atoms with E-state index in [0.717, 1.165) is 25.2 Å². The molecule has 1 aromatic rings. The molecule has 0 spiro atoms. The number of methoxy groups -OCH3 is 1. The standard InChI is InChI=1S/C13H22N2O2S/c1-10(2)13-14-11(9-18-13)8-15(3)7-5-6-12(16)17-4/h9-10H,5-8H2,1-4H3. The molecule has 102 valence electrons. The first-order valence-electron chi connectivity index (χ1n) is 6.22. The lowest BCUT2D eigenvalue weighted by Crippen LogP contribution is -2.20. The molecule has 0 saturated heterocycles. The highest BCUT2D eigenvalue weighted by molar-refractivity contribution is 7.09. The van der Waals surface area contributed by atoms with Crippen molar-refractivity contribution in [2.45, 2.75) is 39.2 Å². The molecule has 1 rings (SSSR count). The van der Waals surface area contributed by atoms with Gasteiger partial charge in [-0.1, -0.05) is 13.8 Å². The van der Waals surface area contributed by atoms with Gasteiger partial charge in [-0.2, -0.15) is 0 Å². The number of nitrogens with zero attached hydrogens (tertiary/aromatic N) is 2. The van der Waals surface area contributed by atoms with Gasteiger partial charge < -0.3 is 9.64 Å². The second kappa shape index (κ2) is 7.48. The van der Waals surface area contributed by atoms with Crippen LogP contribution in [-0.4, -0.2) is 36.6 Å². The van der Waals surface area contributed by atoms with Crippen molar-refractivity contribution in [2.24, 2.45) is 0 Å². The third-order valence-corrected chi connectivity index (χ3v) is 3.84. The van der Waals surface area contributed by atoms with Gasteiger partial charge in [0.25, 0.3) is 0 Å². The zero-order valence-electron chi connectivity index (χ0n) is 11.6. The van der Waals surface area contributed by atoms with E-state index >= 15 is 0 Å². The highest BCUT2D eigenvalue weighted by atomic mass is 32.1. The fraction of sp³-hybridized carbons (Fsp3) is 0.692. The number of ether oxygens (including phenoxy) is 1. The molecular formula is C13H22N2O2S. The molecule has 0 bridgehead atoms. The number of thiazole rings is 1. The van der Waals surface area contributed by atoms with Crippen molar-refractivity contribution < 1.29 is 9.53 Å². The van der Waals surface area contributed by atoms with Gasteiger partial charge in [-0.25, -0.2) is 4.98 Å². The van der Waals surface area contributed by atoms with E-state index in [4.69, 9.17) is 0 Å². The molecule has 18 heavy (non-hydrogen) atoms. The van der Waals surface area contributed by atoms with Gasteiger partial charge in [0.2, 0.25) is 0 Å². The zero-order chi connectivity index (χ0) is 13.5. The van der Waals surface area contributed by atoms with Gasteiger partial charge >= 0.3 is 5.97 Å². The van der Waals surface area contributed by atoms with Crippen LogP contribution in [0.4, 0.5) is 0 Å². The average molecular weight is 270 g/mol. The second-order valence-electron chi connectivity index (χ2n) is 4.75. The second-order valence-corrected chi connectivity index (χ2v) is 5.64. The molecule has 0 unspecified atom stereocenters. The van der Waals surface area contributed by atoms with Crippen LogP contribution in [0.1, 0.15) is 43.3 Å². The summed E-state index contributed by atoms with van der Waals surface area (Å²) in [6.45, 7) is 6.03. The van der Waals surface area contributed by atoms with Gasteiger partial charge in [-0.3, -0.25) is 4.79 Å². The van der Waals surface area contributed by atoms with Crippen LogP contribution in [0.25, 0.3) is 0 Å². The monoisotopic (exact) mass is 270 g/mol. The Hall–Kier alpha value is -0.940. The number of carbonyl (C=O) groups is 1. The van der Waals surface area contributed by atoms with Crippen molar-refractivity contribution in [1.29, 1.82) is 0 Å². The van der Waals surface area contributed by atoms with Crippen molar-refractivity contribution >= 4 is 17.3 Å². The third-order valence-electron chi connectivity index (χ3n) is 2.64. The Morgan fingerprint density at radius 3 is 2.83 bits per heavy atom. The summed E-state index contributed by atoms with van der Waals surface area (Å²) in [6.07, 6.45) is 1.31. The molecule has 0 aromatic carbocycles. The van der Waals surface area contributed by atoms with Gasteiger partial charge in [0, 0.05) is 24.3 Å². The van der Waals surface area contributed by atoms with E-state index in [2.05, 4.69) is 33.8 Å². The van der Waals surface area contributed by atoms with Crippen LogP contribution in [0.2, 0.25) is 0 Å². The summed E-state index contributed by atoms with van der Waals surface area (Å²) in [5, 5.41) is 3.31. The molecule has 0 radical (unpaired) electrons. The lowest BCUT2D eigenvalue weighted by atomic mass is 10.2. The SMILES string of the molecule is COC(=O)CCCN(C)Cc1csc(C(C)C)n1. The average Bonchev–Trinajstić information content (AvgIpc) is 2.77. The van der Waals surface area contributed by atoms with E-state index in [1.807, 2.05) is 7.05 Å². The fourth-order valence-electron chi connectivity index (χ4n) is 1.61. The van der Waals surface area contributed by atoms with Crippen LogP contribution in [0.15, 0.2) is 5.38 Å². The minimum Gasteiger partial charge on any atom is -0.469 e. The quantitative estimate of drug-likeness (QED) is 0.714. The highest BCUT2D eigenvalue weighted by Gasteiger charge is 2.08. The van der Waals surface area contributed by atoms with Crippen molar-refractivity contribution in [3.8, 4) is 0 Å². The van der Waals surface area contributed by atoms with Crippen LogP contribution in [0, 0.1) is 0 Å². The largest absolute Gasteiger partial charge is 0.469 e. The summed E-state index contributed by atoms with van der Waals surface area (Å²) in [7, 11) is 3.47. The summed E-state index contributed by atoms with van der Waals surface area (Å²) in [5.74, 6) is 0.354. The lowest BCUT2D eigenvalue weighted by molar-refractivity contribution is -0.140. The molecule has 0 saturated carbocycles. The van der Waals surface area contributed by atoms with Gasteiger partial charge in [0.1, 0.15) is 0 Å². The first kappa shape index (κ1) is 15.1. The van der Waals surface area contributed by atoms with Crippen LogP contribution in [-0.2, 0) is 16.1 Å². The summed E-state index contributed by atoms with van der Waals surface area (Å²) in [4.78, 5) is 17.8. The van der Waals surface area contributed by atoms with E-state index < -0.39 is 0 Å². The van der Waals surface area contributed by atoms with Crippen molar-refractivity contribution in [3.63, 3.8) is 0 Å². The van der Waals surface area contributed by atoms with Crippen LogP contribution >= 0.6 is 11.3 Å². The van der Waals surface area contributed by atoms with E-state index in [-0.39, 0.29) is 5.97 Å². The Labute approximate surface area is 113 Å². The van der Waals surface area contributed by atoms with E-state index in [0.29, 0.717) is 12.3 Å². The lowest BCUT2D eigenvalue weighted by Gasteiger charge is -2.14. The normalized spacial score (nSPS) is 11.2. The Morgan fingerprint density at radius 1 is 1.56 bits per heavy atom. The highest BCUT2D eigenvalue weighted by Crippen LogP contribution is 2.19. The van der Waals surface area contributed by atoms with Crippen molar-refractivity contribution in [2.75, 3.05) is 20.7 Å². The molecular weight excluding hydrogens is 248 g/mol. The number of hydrogen-bond acceptors (Lipinski definition) is 5. The van der Waals surface area contributed by atoms with Gasteiger partial charge in [-0.15, -0.1) is 11.3 Å². The minimum atomic E-state index is -0.140. The smallest absolute Gasteiger partial charge is 0.305 e. The molecule has 0 amide bonds. The van der Waals surface area contributed by atoms with Gasteiger partial charge in [-0.05, 0) is 20.0 Å². The summed E-state index contributed by atoms with van der Waals surface area (Å²) < 4.78 is 4.61. The number of rotatable bonds is 7. The molecule has 0 fully saturated rings. The zero-order valence-corrected chi connectivity index (χ0v) is 12.4. The van der Waals surface area contributed by atoms with Crippen molar-refractivity contribution in [3.05, 3.63) is 16.1 Å². The van der Waals surface area contributed by atoms with E-state index in [1.54, 1.807) is 11.3 Å². The Balaban J connectivity index is 2.30. The summed E-state index contributed by atoms with van der Waals surface area (Å²) in [5.41, 5.74) is 1.12. The fourth-order valence-corrected chi connectivity index (χ4v) is 2.44. The Bertz CT molecular complexity index is 377. The van der Waals surface area contributed by atoms with Crippen LogP contribution in [0.3, 0.4) is 0 Å². The van der Waals surface area contributed by atoms with Gasteiger partial charge in [0.05, 0.1) is 17.8 Å². The number of aromatic nitrogens is 1. The first-order valence-corrected chi connectivity index (χ1v) is 7.10. The summed E-state index contributed by atoms with van der Waals surface area (Å²) >= 11 is 1.72. The van der Waals surface area contributed by atoms with Crippen molar-refractivity contribution in [1.82, 2.24) is 9.88 Å². The predicted molar refractivity (Wildman–Crippen MR) is 73.8 cm³/mol. The van der Waals surface area contributed by atoms with E-state index in [1.165, 1.54) is 12.1 Å². The maximum Gasteiger partial charge on any atom is 0.305 e. The first-order chi connectivity index (χ1) is 8.52. The minimum absolute atomic E-state index is 0.140. The van der Waals surface area contributed by atoms with Crippen LogP contribution < -0.4 is 0 Å². The molecule has 0 aliphatic carbocycles. The van der Waals surface area contributed by atoms with Crippen LogP contribution in [0.5, 0.6) is 0 Å². The molecule has 5 heteroatoms. The number of esters is 1.